The van der Waals surface area contributed by atoms with Crippen molar-refractivity contribution >= 4 is 29.3 Å². The van der Waals surface area contributed by atoms with Crippen molar-refractivity contribution < 1.29 is 9.59 Å². The minimum absolute atomic E-state index is 0.0150. The molecule has 0 saturated carbocycles. The topological polar surface area (TPSA) is 52.7 Å². The Morgan fingerprint density at radius 1 is 1.03 bits per heavy atom. The maximum Gasteiger partial charge on any atom is 0.227 e. The highest BCUT2D eigenvalue weighted by atomic mass is 32.2. The Balaban J connectivity index is 1.54. The lowest BCUT2D eigenvalue weighted by atomic mass is 10.0. The molecular weight excluding hydrogens is 394 g/mol. The molecule has 2 aromatic carbocycles. The smallest absolute Gasteiger partial charge is 0.227 e. The standard InChI is InChI=1S/C24H31N3O2S/c1-3-26(4-2)21(19-10-6-5-7-11-19)18-25-23(28)14-15-24(29)27-16-17-30-22-13-9-8-12-20(22)27/h5-13,21H,3-4,14-18H2,1-2H3,(H,25,28). The van der Waals surface area contributed by atoms with Gasteiger partial charge in [0.2, 0.25) is 11.8 Å². The summed E-state index contributed by atoms with van der Waals surface area (Å²) < 4.78 is 0. The van der Waals surface area contributed by atoms with Crippen LogP contribution in [0, 0.1) is 0 Å². The first-order valence-corrected chi connectivity index (χ1v) is 11.7. The largest absolute Gasteiger partial charge is 0.354 e. The van der Waals surface area contributed by atoms with Gasteiger partial charge in [0.05, 0.1) is 11.7 Å². The number of carbonyl (C=O) groups excluding carboxylic acids is 2. The number of anilines is 1. The molecule has 1 atom stereocenters. The van der Waals surface area contributed by atoms with E-state index in [9.17, 15) is 9.59 Å². The molecule has 0 bridgehead atoms. The van der Waals surface area contributed by atoms with Gasteiger partial charge in [-0.25, -0.2) is 0 Å². The van der Waals surface area contributed by atoms with Crippen molar-refractivity contribution in [3.05, 3.63) is 60.2 Å². The first kappa shape index (κ1) is 22.4. The van der Waals surface area contributed by atoms with Crippen molar-refractivity contribution in [3.63, 3.8) is 0 Å². The van der Waals surface area contributed by atoms with Crippen molar-refractivity contribution in [3.8, 4) is 0 Å². The van der Waals surface area contributed by atoms with Crippen molar-refractivity contribution in [1.29, 1.82) is 0 Å². The summed E-state index contributed by atoms with van der Waals surface area (Å²) in [6.45, 7) is 7.33. The number of amides is 2. The molecule has 2 amide bonds. The Morgan fingerprint density at radius 2 is 1.73 bits per heavy atom. The summed E-state index contributed by atoms with van der Waals surface area (Å²) in [5.41, 5.74) is 2.16. The molecule has 0 aliphatic carbocycles. The molecule has 0 fully saturated rings. The van der Waals surface area contributed by atoms with Gasteiger partial charge in [-0.2, -0.15) is 0 Å². The highest BCUT2D eigenvalue weighted by molar-refractivity contribution is 7.99. The predicted molar refractivity (Wildman–Crippen MR) is 124 cm³/mol. The lowest BCUT2D eigenvalue weighted by Gasteiger charge is -2.30. The summed E-state index contributed by atoms with van der Waals surface area (Å²) in [6.07, 6.45) is 0.441. The quantitative estimate of drug-likeness (QED) is 0.657. The zero-order chi connectivity index (χ0) is 21.3. The van der Waals surface area contributed by atoms with E-state index in [1.807, 2.05) is 47.4 Å². The van der Waals surface area contributed by atoms with E-state index >= 15 is 0 Å². The Labute approximate surface area is 183 Å². The van der Waals surface area contributed by atoms with Crippen LogP contribution in [0.1, 0.15) is 38.3 Å². The van der Waals surface area contributed by atoms with Crippen LogP contribution in [0.5, 0.6) is 0 Å². The Kier molecular flexibility index (Phi) is 8.34. The Hall–Kier alpha value is -2.31. The van der Waals surface area contributed by atoms with E-state index in [1.165, 1.54) is 5.56 Å². The van der Waals surface area contributed by atoms with E-state index in [4.69, 9.17) is 0 Å². The number of thioether (sulfide) groups is 1. The van der Waals surface area contributed by atoms with Gasteiger partial charge in [-0.05, 0) is 30.8 Å². The highest BCUT2D eigenvalue weighted by Crippen LogP contribution is 2.34. The fraction of sp³-hybridized carbons (Fsp3) is 0.417. The first-order valence-electron chi connectivity index (χ1n) is 10.7. The van der Waals surface area contributed by atoms with E-state index in [1.54, 1.807) is 11.8 Å². The van der Waals surface area contributed by atoms with Crippen LogP contribution in [0.2, 0.25) is 0 Å². The number of hydrogen-bond acceptors (Lipinski definition) is 4. The zero-order valence-corrected chi connectivity index (χ0v) is 18.7. The molecule has 0 aromatic heterocycles. The summed E-state index contributed by atoms with van der Waals surface area (Å²) in [6, 6.07) is 18.4. The second kappa shape index (κ2) is 11.2. The monoisotopic (exact) mass is 425 g/mol. The molecule has 0 spiro atoms. The summed E-state index contributed by atoms with van der Waals surface area (Å²) >= 11 is 1.77. The number of nitrogens with one attached hydrogen (secondary N) is 1. The third-order valence-corrected chi connectivity index (χ3v) is 6.57. The first-order chi connectivity index (χ1) is 14.6. The van der Waals surface area contributed by atoms with Crippen LogP contribution >= 0.6 is 11.8 Å². The van der Waals surface area contributed by atoms with Crippen LogP contribution in [-0.4, -0.2) is 48.6 Å². The molecule has 160 valence electrons. The van der Waals surface area contributed by atoms with Gasteiger partial charge in [0.25, 0.3) is 0 Å². The molecule has 5 nitrogen and oxygen atoms in total. The van der Waals surface area contributed by atoms with Gasteiger partial charge in [-0.1, -0.05) is 56.3 Å². The summed E-state index contributed by atoms with van der Waals surface area (Å²) in [7, 11) is 0. The lowest BCUT2D eigenvalue weighted by molar-refractivity contribution is -0.125. The summed E-state index contributed by atoms with van der Waals surface area (Å²) in [4.78, 5) is 30.5. The summed E-state index contributed by atoms with van der Waals surface area (Å²) in [5.74, 6) is 0.828. The van der Waals surface area contributed by atoms with E-state index in [-0.39, 0.29) is 30.7 Å². The minimum atomic E-state index is -0.0730. The molecule has 1 aliphatic heterocycles. The maximum atomic E-state index is 12.8. The van der Waals surface area contributed by atoms with E-state index in [0.29, 0.717) is 13.1 Å². The van der Waals surface area contributed by atoms with Crippen LogP contribution in [0.15, 0.2) is 59.5 Å². The number of para-hydroxylation sites is 1. The Bertz CT molecular complexity index is 839. The molecule has 1 unspecified atom stereocenters. The molecule has 2 aromatic rings. The number of likely N-dealkylation sites (N-methyl/N-ethyl adjacent to an activating group) is 1. The normalized spacial score (nSPS) is 14.3. The van der Waals surface area contributed by atoms with Gasteiger partial charge < -0.3 is 10.2 Å². The number of benzene rings is 2. The van der Waals surface area contributed by atoms with Crippen molar-refractivity contribution in [2.24, 2.45) is 0 Å². The fourth-order valence-electron chi connectivity index (χ4n) is 3.88. The van der Waals surface area contributed by atoms with E-state index < -0.39 is 0 Å². The van der Waals surface area contributed by atoms with Gasteiger partial charge in [-0.3, -0.25) is 14.5 Å². The maximum absolute atomic E-state index is 12.8. The molecule has 3 rings (SSSR count). The third-order valence-electron chi connectivity index (χ3n) is 5.53. The van der Waals surface area contributed by atoms with Gasteiger partial charge >= 0.3 is 0 Å². The molecule has 1 aliphatic rings. The summed E-state index contributed by atoms with van der Waals surface area (Å²) in [5, 5.41) is 3.05. The number of hydrogen-bond donors (Lipinski definition) is 1. The predicted octanol–water partition coefficient (Wildman–Crippen LogP) is 4.10. The van der Waals surface area contributed by atoms with Crippen molar-refractivity contribution in [1.82, 2.24) is 10.2 Å². The van der Waals surface area contributed by atoms with E-state index in [0.717, 1.165) is 29.4 Å². The average Bonchev–Trinajstić information content (AvgIpc) is 2.80. The van der Waals surface area contributed by atoms with Crippen LogP contribution in [0.3, 0.4) is 0 Å². The van der Waals surface area contributed by atoms with E-state index in [2.05, 4.69) is 36.2 Å². The second-order valence-electron chi connectivity index (χ2n) is 7.31. The molecule has 1 heterocycles. The molecular formula is C24H31N3O2S. The number of fused-ring (bicyclic) bond motifs is 1. The van der Waals surface area contributed by atoms with Crippen LogP contribution in [0.25, 0.3) is 0 Å². The third kappa shape index (κ3) is 5.64. The van der Waals surface area contributed by atoms with Crippen LogP contribution < -0.4 is 10.2 Å². The van der Waals surface area contributed by atoms with Gasteiger partial charge in [0, 0.05) is 36.6 Å². The number of nitrogens with zero attached hydrogens (tertiary/aromatic N) is 2. The highest BCUT2D eigenvalue weighted by Gasteiger charge is 2.23. The second-order valence-corrected chi connectivity index (χ2v) is 8.45. The SMILES string of the molecule is CCN(CC)C(CNC(=O)CCC(=O)N1CCSc2ccccc21)c1ccccc1. The van der Waals surface area contributed by atoms with Gasteiger partial charge in [-0.15, -0.1) is 11.8 Å². The van der Waals surface area contributed by atoms with Crippen molar-refractivity contribution in [2.75, 3.05) is 36.8 Å². The fourth-order valence-corrected chi connectivity index (χ4v) is 4.87. The molecule has 1 N–H and O–H groups in total. The number of carbonyl (C=O) groups is 2. The van der Waals surface area contributed by atoms with Crippen molar-refractivity contribution in [2.45, 2.75) is 37.6 Å². The van der Waals surface area contributed by atoms with Crippen LogP contribution in [0.4, 0.5) is 5.69 Å². The Morgan fingerprint density at radius 3 is 2.47 bits per heavy atom. The molecule has 0 radical (unpaired) electrons. The molecule has 0 saturated heterocycles. The van der Waals surface area contributed by atoms with Crippen LogP contribution in [-0.2, 0) is 9.59 Å². The zero-order valence-electron chi connectivity index (χ0n) is 17.8. The van der Waals surface area contributed by atoms with Gasteiger partial charge in [0.15, 0.2) is 0 Å². The molecule has 6 heteroatoms. The minimum Gasteiger partial charge on any atom is -0.354 e. The average molecular weight is 426 g/mol. The number of rotatable bonds is 9. The molecule has 30 heavy (non-hydrogen) atoms. The van der Waals surface area contributed by atoms with Gasteiger partial charge in [0.1, 0.15) is 0 Å². The lowest BCUT2D eigenvalue weighted by Crippen LogP contribution is -2.39.